The second-order valence-electron chi connectivity index (χ2n) is 5.81. The van der Waals surface area contributed by atoms with E-state index in [-0.39, 0.29) is 25.1 Å². The summed E-state index contributed by atoms with van der Waals surface area (Å²) in [6, 6.07) is 9.10. The Morgan fingerprint density at radius 1 is 1.33 bits per heavy atom. The van der Waals surface area contributed by atoms with Crippen molar-refractivity contribution in [3.8, 4) is 23.8 Å². The molecule has 0 unspecified atom stereocenters. The van der Waals surface area contributed by atoms with Crippen LogP contribution in [0.4, 0.5) is 4.39 Å². The van der Waals surface area contributed by atoms with E-state index in [2.05, 4.69) is 44.4 Å². The monoisotopic (exact) mass is 523 g/mol. The number of nitrogens with zero attached hydrogens (tertiary/aromatic N) is 1. The molecular weight excluding hydrogens is 504 g/mol. The second kappa shape index (κ2) is 11.8. The van der Waals surface area contributed by atoms with Crippen molar-refractivity contribution in [2.45, 2.75) is 6.42 Å². The molecule has 156 valence electrons. The van der Waals surface area contributed by atoms with Crippen molar-refractivity contribution in [2.75, 3.05) is 20.3 Å². The van der Waals surface area contributed by atoms with Crippen molar-refractivity contribution < 1.29 is 23.5 Å². The highest BCUT2D eigenvalue weighted by Crippen LogP contribution is 2.33. The number of hydrogen-bond donors (Lipinski definition) is 2. The first-order chi connectivity index (χ1) is 14.5. The molecule has 0 saturated carbocycles. The number of methoxy groups -OCH3 is 1. The summed E-state index contributed by atoms with van der Waals surface area (Å²) in [6.45, 7) is 0.158. The Labute approximate surface area is 187 Å². The quantitative estimate of drug-likeness (QED) is 0.229. The number of halogens is 2. The van der Waals surface area contributed by atoms with Crippen molar-refractivity contribution >= 4 is 40.6 Å². The summed E-state index contributed by atoms with van der Waals surface area (Å²) >= 11 is 2.08. The maximum Gasteiger partial charge on any atom is 0.254 e. The van der Waals surface area contributed by atoms with Crippen LogP contribution < -0.4 is 20.2 Å². The first-order valence-electron chi connectivity index (χ1n) is 8.74. The molecule has 0 fully saturated rings. The van der Waals surface area contributed by atoms with Crippen LogP contribution in [0, 0.1) is 21.7 Å². The molecule has 0 aliphatic carbocycles. The molecule has 0 spiro atoms. The predicted molar refractivity (Wildman–Crippen MR) is 119 cm³/mol. The Kier molecular flexibility index (Phi) is 9.08. The number of rotatable bonds is 9. The lowest BCUT2D eigenvalue weighted by molar-refractivity contribution is -0.120. The second-order valence-corrected chi connectivity index (χ2v) is 6.97. The fraction of sp³-hybridized carbons (Fsp3) is 0.190. The lowest BCUT2D eigenvalue weighted by atomic mass is 10.2. The molecule has 0 aliphatic heterocycles. The van der Waals surface area contributed by atoms with Crippen LogP contribution in [0.25, 0.3) is 0 Å². The number of hydrogen-bond acceptors (Lipinski definition) is 5. The van der Waals surface area contributed by atoms with Crippen LogP contribution in [0.3, 0.4) is 0 Å². The third-order valence-electron chi connectivity index (χ3n) is 3.71. The van der Waals surface area contributed by atoms with Crippen LogP contribution in [-0.4, -0.2) is 38.3 Å². The van der Waals surface area contributed by atoms with Gasteiger partial charge in [-0.15, -0.1) is 6.42 Å². The molecule has 2 N–H and O–H groups in total. The van der Waals surface area contributed by atoms with Gasteiger partial charge in [-0.2, -0.15) is 5.10 Å². The van der Waals surface area contributed by atoms with Crippen molar-refractivity contribution in [1.82, 2.24) is 10.7 Å². The number of carbonyl (C=O) groups is 2. The van der Waals surface area contributed by atoms with Crippen LogP contribution in [0.2, 0.25) is 0 Å². The topological polar surface area (TPSA) is 89.0 Å². The minimum atomic E-state index is -0.621. The van der Waals surface area contributed by atoms with Crippen LogP contribution >= 0.6 is 22.6 Å². The zero-order valence-corrected chi connectivity index (χ0v) is 18.2. The normalized spacial score (nSPS) is 10.3. The largest absolute Gasteiger partial charge is 0.493 e. The molecule has 2 aromatic carbocycles. The number of terminal acetylenes is 1. The molecule has 0 bridgehead atoms. The summed E-state index contributed by atoms with van der Waals surface area (Å²) in [7, 11) is 1.51. The van der Waals surface area contributed by atoms with E-state index in [1.807, 2.05) is 0 Å². The predicted octanol–water partition coefficient (Wildman–Crippen LogP) is 2.72. The Balaban J connectivity index is 1.86. The SMILES string of the molecule is C#CCOc1c(I)cc(C=NNC(=O)CCNC(=O)c2ccccc2F)cc1OC. The van der Waals surface area contributed by atoms with Gasteiger partial charge in [-0.05, 0) is 52.4 Å². The van der Waals surface area contributed by atoms with E-state index in [1.54, 1.807) is 18.2 Å². The van der Waals surface area contributed by atoms with E-state index in [0.717, 1.165) is 3.57 Å². The maximum atomic E-state index is 13.5. The highest BCUT2D eigenvalue weighted by Gasteiger charge is 2.12. The van der Waals surface area contributed by atoms with E-state index in [4.69, 9.17) is 15.9 Å². The van der Waals surface area contributed by atoms with Crippen LogP contribution in [-0.2, 0) is 4.79 Å². The molecule has 7 nitrogen and oxygen atoms in total. The molecule has 9 heteroatoms. The molecule has 0 aromatic heterocycles. The van der Waals surface area contributed by atoms with E-state index in [1.165, 1.54) is 31.5 Å². The fourth-order valence-corrected chi connectivity index (χ4v) is 3.11. The van der Waals surface area contributed by atoms with E-state index >= 15 is 0 Å². The zero-order valence-electron chi connectivity index (χ0n) is 16.1. The Morgan fingerprint density at radius 2 is 2.10 bits per heavy atom. The lowest BCUT2D eigenvalue weighted by Gasteiger charge is -2.11. The highest BCUT2D eigenvalue weighted by molar-refractivity contribution is 14.1. The summed E-state index contributed by atoms with van der Waals surface area (Å²) in [5, 5.41) is 6.38. The van der Waals surface area contributed by atoms with Crippen LogP contribution in [0.15, 0.2) is 41.5 Å². The molecule has 0 atom stereocenters. The Hall–Kier alpha value is -3.13. The van der Waals surface area contributed by atoms with Gasteiger partial charge in [-0.3, -0.25) is 9.59 Å². The van der Waals surface area contributed by atoms with Crippen molar-refractivity contribution in [2.24, 2.45) is 5.10 Å². The Morgan fingerprint density at radius 3 is 2.80 bits per heavy atom. The minimum Gasteiger partial charge on any atom is -0.493 e. The summed E-state index contributed by atoms with van der Waals surface area (Å²) in [5.41, 5.74) is 2.97. The van der Waals surface area contributed by atoms with Gasteiger partial charge in [0.1, 0.15) is 12.4 Å². The summed E-state index contributed by atoms with van der Waals surface area (Å²) in [6.07, 6.45) is 6.64. The van der Waals surface area contributed by atoms with E-state index < -0.39 is 17.6 Å². The van der Waals surface area contributed by atoms with E-state index in [9.17, 15) is 14.0 Å². The summed E-state index contributed by atoms with van der Waals surface area (Å²) in [5.74, 6) is 1.80. The molecule has 2 rings (SSSR count). The van der Waals surface area contributed by atoms with Gasteiger partial charge in [-0.1, -0.05) is 18.1 Å². The molecule has 0 radical (unpaired) electrons. The third-order valence-corrected chi connectivity index (χ3v) is 4.51. The first kappa shape index (κ1) is 23.2. The van der Waals surface area contributed by atoms with Gasteiger partial charge in [0.05, 0.1) is 22.5 Å². The average Bonchev–Trinajstić information content (AvgIpc) is 2.72. The number of benzene rings is 2. The van der Waals surface area contributed by atoms with Gasteiger partial charge in [-0.25, -0.2) is 9.82 Å². The van der Waals surface area contributed by atoms with E-state index in [0.29, 0.717) is 17.1 Å². The molecular formula is C21H19FIN3O4. The van der Waals surface area contributed by atoms with Gasteiger partial charge in [0.25, 0.3) is 5.91 Å². The van der Waals surface area contributed by atoms with Crippen LogP contribution in [0.5, 0.6) is 11.5 Å². The molecule has 2 amide bonds. The minimum absolute atomic E-state index is 0.0166. The van der Waals surface area contributed by atoms with Gasteiger partial charge in [0.2, 0.25) is 5.91 Å². The standard InChI is InChI=1S/C21H19FIN3O4/c1-3-10-30-20-17(23)11-14(12-18(20)29-2)13-25-26-19(27)8-9-24-21(28)15-6-4-5-7-16(15)22/h1,4-7,11-13H,8-10H2,2H3,(H,24,28)(H,26,27). The molecule has 0 heterocycles. The molecule has 0 aliphatic rings. The lowest BCUT2D eigenvalue weighted by Crippen LogP contribution is -2.29. The number of nitrogens with one attached hydrogen (secondary N) is 2. The molecule has 0 saturated heterocycles. The zero-order chi connectivity index (χ0) is 21.9. The summed E-state index contributed by atoms with van der Waals surface area (Å²) < 4.78 is 25.1. The average molecular weight is 523 g/mol. The maximum absolute atomic E-state index is 13.5. The number of carbonyl (C=O) groups excluding carboxylic acids is 2. The van der Waals surface area contributed by atoms with Crippen LogP contribution in [0.1, 0.15) is 22.3 Å². The van der Waals surface area contributed by atoms with Gasteiger partial charge in [0.15, 0.2) is 11.5 Å². The van der Waals surface area contributed by atoms with Crippen molar-refractivity contribution in [3.63, 3.8) is 0 Å². The van der Waals surface area contributed by atoms with Crippen molar-refractivity contribution in [3.05, 3.63) is 56.9 Å². The molecule has 30 heavy (non-hydrogen) atoms. The Bertz CT molecular complexity index is 989. The number of amides is 2. The highest BCUT2D eigenvalue weighted by atomic mass is 127. The number of ether oxygens (including phenoxy) is 2. The number of hydrazone groups is 1. The summed E-state index contributed by atoms with van der Waals surface area (Å²) in [4.78, 5) is 23.8. The molecule has 2 aromatic rings. The smallest absolute Gasteiger partial charge is 0.254 e. The first-order valence-corrected chi connectivity index (χ1v) is 9.82. The van der Waals surface area contributed by atoms with Crippen molar-refractivity contribution in [1.29, 1.82) is 0 Å². The van der Waals surface area contributed by atoms with Gasteiger partial charge >= 0.3 is 0 Å². The third kappa shape index (κ3) is 6.73. The van der Waals surface area contributed by atoms with Gasteiger partial charge in [0, 0.05) is 13.0 Å². The fourth-order valence-electron chi connectivity index (χ4n) is 2.33. The van der Waals surface area contributed by atoms with Gasteiger partial charge < -0.3 is 14.8 Å².